The van der Waals surface area contributed by atoms with E-state index in [0.717, 1.165) is 18.6 Å². The molecule has 1 aliphatic carbocycles. The smallest absolute Gasteiger partial charge is 0.0468 e. The quantitative estimate of drug-likeness (QED) is 0.801. The highest BCUT2D eigenvalue weighted by Crippen LogP contribution is 2.49. The first-order chi connectivity index (χ1) is 9.17. The van der Waals surface area contributed by atoms with E-state index in [4.69, 9.17) is 4.74 Å². The van der Waals surface area contributed by atoms with Gasteiger partial charge in [0.25, 0.3) is 0 Å². The molecule has 112 valence electrons. The topological polar surface area (TPSA) is 24.5 Å². The SMILES string of the molecule is CCC1CCN(CC2(CCOC)CC2)CC(C)CN1. The summed E-state index contributed by atoms with van der Waals surface area (Å²) in [7, 11) is 1.83. The van der Waals surface area contributed by atoms with Gasteiger partial charge in [-0.1, -0.05) is 13.8 Å². The Morgan fingerprint density at radius 1 is 1.37 bits per heavy atom. The van der Waals surface area contributed by atoms with E-state index in [1.165, 1.54) is 58.3 Å². The number of rotatable bonds is 6. The summed E-state index contributed by atoms with van der Waals surface area (Å²) in [4.78, 5) is 2.73. The maximum atomic E-state index is 5.28. The van der Waals surface area contributed by atoms with Crippen molar-refractivity contribution in [3.63, 3.8) is 0 Å². The molecule has 1 heterocycles. The largest absolute Gasteiger partial charge is 0.385 e. The zero-order chi connectivity index (χ0) is 13.7. The minimum Gasteiger partial charge on any atom is -0.385 e. The molecule has 19 heavy (non-hydrogen) atoms. The molecule has 2 rings (SSSR count). The minimum absolute atomic E-state index is 0.601. The van der Waals surface area contributed by atoms with Gasteiger partial charge in [-0.25, -0.2) is 0 Å². The monoisotopic (exact) mass is 268 g/mol. The Labute approximate surface area is 119 Å². The lowest BCUT2D eigenvalue weighted by molar-refractivity contribution is 0.129. The van der Waals surface area contributed by atoms with E-state index < -0.39 is 0 Å². The maximum Gasteiger partial charge on any atom is 0.0468 e. The Kier molecular flexibility index (Phi) is 5.67. The van der Waals surface area contributed by atoms with Crippen LogP contribution in [0.4, 0.5) is 0 Å². The summed E-state index contributed by atoms with van der Waals surface area (Å²) in [5.74, 6) is 0.771. The third-order valence-electron chi connectivity index (χ3n) is 4.96. The molecule has 1 saturated heterocycles. The van der Waals surface area contributed by atoms with Gasteiger partial charge in [0.05, 0.1) is 0 Å². The lowest BCUT2D eigenvalue weighted by Crippen LogP contribution is -2.45. The third-order valence-corrected chi connectivity index (χ3v) is 4.96. The van der Waals surface area contributed by atoms with Crippen molar-refractivity contribution in [3.8, 4) is 0 Å². The summed E-state index contributed by atoms with van der Waals surface area (Å²) in [5.41, 5.74) is 0.601. The number of methoxy groups -OCH3 is 1. The third kappa shape index (κ3) is 4.73. The van der Waals surface area contributed by atoms with Crippen molar-refractivity contribution in [1.29, 1.82) is 0 Å². The van der Waals surface area contributed by atoms with E-state index >= 15 is 0 Å². The summed E-state index contributed by atoms with van der Waals surface area (Å²) in [5, 5.41) is 3.71. The Balaban J connectivity index is 1.83. The first-order valence-electron chi connectivity index (χ1n) is 8.12. The molecule has 2 atom stereocenters. The molecule has 0 amide bonds. The molecule has 1 aliphatic heterocycles. The van der Waals surface area contributed by atoms with Crippen LogP contribution in [0.1, 0.15) is 46.0 Å². The molecular weight excluding hydrogens is 236 g/mol. The average Bonchev–Trinajstić information content (AvgIpc) is 3.14. The molecule has 3 heteroatoms. The summed E-state index contributed by atoms with van der Waals surface area (Å²) < 4.78 is 5.28. The fraction of sp³-hybridized carbons (Fsp3) is 1.00. The summed E-state index contributed by atoms with van der Waals surface area (Å²) >= 11 is 0. The lowest BCUT2D eigenvalue weighted by atomic mass is 9.99. The van der Waals surface area contributed by atoms with Gasteiger partial charge in [-0.05, 0) is 56.5 Å². The van der Waals surface area contributed by atoms with Crippen molar-refractivity contribution in [2.75, 3.05) is 39.9 Å². The first kappa shape index (κ1) is 15.3. The highest BCUT2D eigenvalue weighted by atomic mass is 16.5. The van der Waals surface area contributed by atoms with E-state index in [9.17, 15) is 0 Å². The minimum atomic E-state index is 0.601. The standard InChI is InChI=1S/C16H32N2O/c1-4-15-5-9-18(12-14(2)11-17-15)13-16(6-7-16)8-10-19-3/h14-15,17H,4-13H2,1-3H3. The molecule has 0 aromatic heterocycles. The van der Waals surface area contributed by atoms with Gasteiger partial charge in [-0.3, -0.25) is 0 Å². The number of ether oxygens (including phenoxy) is 1. The van der Waals surface area contributed by atoms with Gasteiger partial charge in [-0.15, -0.1) is 0 Å². The van der Waals surface area contributed by atoms with E-state index in [2.05, 4.69) is 24.1 Å². The predicted octanol–water partition coefficient (Wildman–Crippen LogP) is 2.51. The van der Waals surface area contributed by atoms with Crippen LogP contribution in [0.5, 0.6) is 0 Å². The Morgan fingerprint density at radius 2 is 2.16 bits per heavy atom. The van der Waals surface area contributed by atoms with Crippen molar-refractivity contribution in [2.45, 2.75) is 52.0 Å². The highest BCUT2D eigenvalue weighted by Gasteiger charge is 2.43. The van der Waals surface area contributed by atoms with Gasteiger partial charge in [0, 0.05) is 32.8 Å². The lowest BCUT2D eigenvalue weighted by Gasteiger charge is -2.34. The van der Waals surface area contributed by atoms with Gasteiger partial charge in [-0.2, -0.15) is 0 Å². The van der Waals surface area contributed by atoms with E-state index in [1.54, 1.807) is 0 Å². The second-order valence-corrected chi connectivity index (χ2v) is 6.89. The predicted molar refractivity (Wildman–Crippen MR) is 80.5 cm³/mol. The van der Waals surface area contributed by atoms with Gasteiger partial charge < -0.3 is 15.0 Å². The van der Waals surface area contributed by atoms with E-state index in [-0.39, 0.29) is 0 Å². The molecule has 0 radical (unpaired) electrons. The fourth-order valence-corrected chi connectivity index (χ4v) is 3.35. The van der Waals surface area contributed by atoms with Gasteiger partial charge in [0.15, 0.2) is 0 Å². The normalized spacial score (nSPS) is 31.7. The molecule has 0 aromatic carbocycles. The van der Waals surface area contributed by atoms with Crippen LogP contribution >= 0.6 is 0 Å². The average molecular weight is 268 g/mol. The number of nitrogens with zero attached hydrogens (tertiary/aromatic N) is 1. The molecule has 2 aliphatic rings. The molecule has 3 nitrogen and oxygen atoms in total. The summed E-state index contributed by atoms with van der Waals surface area (Å²) in [6.45, 7) is 10.6. The fourth-order valence-electron chi connectivity index (χ4n) is 3.35. The van der Waals surface area contributed by atoms with E-state index in [0.29, 0.717) is 5.41 Å². The molecule has 0 aromatic rings. The van der Waals surface area contributed by atoms with Crippen LogP contribution < -0.4 is 5.32 Å². The molecular formula is C16H32N2O. The van der Waals surface area contributed by atoms with Crippen LogP contribution in [-0.2, 0) is 4.74 Å². The van der Waals surface area contributed by atoms with Crippen LogP contribution in [0.3, 0.4) is 0 Å². The van der Waals surface area contributed by atoms with Gasteiger partial charge >= 0.3 is 0 Å². The van der Waals surface area contributed by atoms with Crippen molar-refractivity contribution >= 4 is 0 Å². The highest BCUT2D eigenvalue weighted by molar-refractivity contribution is 4.96. The number of hydrogen-bond donors (Lipinski definition) is 1. The molecule has 1 saturated carbocycles. The number of hydrogen-bond acceptors (Lipinski definition) is 3. The molecule has 0 spiro atoms. The van der Waals surface area contributed by atoms with Crippen molar-refractivity contribution in [3.05, 3.63) is 0 Å². The van der Waals surface area contributed by atoms with Crippen molar-refractivity contribution in [1.82, 2.24) is 10.2 Å². The molecule has 2 fully saturated rings. The maximum absolute atomic E-state index is 5.28. The Bertz CT molecular complexity index is 265. The second-order valence-electron chi connectivity index (χ2n) is 6.89. The van der Waals surface area contributed by atoms with Crippen LogP contribution in [-0.4, -0.2) is 50.8 Å². The molecule has 2 unspecified atom stereocenters. The van der Waals surface area contributed by atoms with E-state index in [1.807, 2.05) is 7.11 Å². The zero-order valence-corrected chi connectivity index (χ0v) is 13.1. The van der Waals surface area contributed by atoms with Crippen LogP contribution in [0, 0.1) is 11.3 Å². The van der Waals surface area contributed by atoms with Crippen LogP contribution in [0.25, 0.3) is 0 Å². The summed E-state index contributed by atoms with van der Waals surface area (Å²) in [6, 6.07) is 0.722. The number of nitrogens with one attached hydrogen (secondary N) is 1. The summed E-state index contributed by atoms with van der Waals surface area (Å²) in [6.07, 6.45) is 6.65. The second kappa shape index (κ2) is 7.05. The zero-order valence-electron chi connectivity index (χ0n) is 13.1. The van der Waals surface area contributed by atoms with Gasteiger partial charge in [0.2, 0.25) is 0 Å². The van der Waals surface area contributed by atoms with Crippen molar-refractivity contribution in [2.24, 2.45) is 11.3 Å². The Hall–Kier alpha value is -0.120. The van der Waals surface area contributed by atoms with Crippen molar-refractivity contribution < 1.29 is 4.74 Å². The molecule has 1 N–H and O–H groups in total. The first-order valence-corrected chi connectivity index (χ1v) is 8.12. The van der Waals surface area contributed by atoms with Crippen LogP contribution in [0.2, 0.25) is 0 Å². The van der Waals surface area contributed by atoms with Gasteiger partial charge in [0.1, 0.15) is 0 Å². The Morgan fingerprint density at radius 3 is 2.79 bits per heavy atom. The molecule has 0 bridgehead atoms. The van der Waals surface area contributed by atoms with Crippen LogP contribution in [0.15, 0.2) is 0 Å².